The second kappa shape index (κ2) is 4.73. The van der Waals surface area contributed by atoms with Gasteiger partial charge in [-0.15, -0.1) is 23.7 Å². The molecule has 88 valence electrons. The van der Waals surface area contributed by atoms with E-state index < -0.39 is 0 Å². The number of hydrogen-bond donors (Lipinski definition) is 1. The van der Waals surface area contributed by atoms with Crippen molar-refractivity contribution in [2.24, 2.45) is 0 Å². The molecule has 4 nitrogen and oxygen atoms in total. The molecule has 0 radical (unpaired) electrons. The average molecular weight is 268 g/mol. The zero-order valence-electron chi connectivity index (χ0n) is 9.01. The Balaban J connectivity index is 0.00000108. The first-order valence-corrected chi connectivity index (χ1v) is 5.73. The van der Waals surface area contributed by atoms with Gasteiger partial charge in [-0.05, 0) is 12.1 Å². The van der Waals surface area contributed by atoms with E-state index in [-0.39, 0.29) is 12.4 Å². The van der Waals surface area contributed by atoms with Gasteiger partial charge >= 0.3 is 0 Å². The minimum absolute atomic E-state index is 0. The zero-order chi connectivity index (χ0) is 11.0. The number of thiazole rings is 1. The van der Waals surface area contributed by atoms with Crippen LogP contribution in [0.25, 0.3) is 22.6 Å². The second-order valence-corrected chi connectivity index (χ2v) is 4.06. The maximum atomic E-state index is 5.16. The predicted octanol–water partition coefficient (Wildman–Crippen LogP) is 3.12. The Kier molecular flexibility index (Phi) is 3.31. The van der Waals surface area contributed by atoms with E-state index in [2.05, 4.69) is 15.0 Å². The van der Waals surface area contributed by atoms with Gasteiger partial charge in [0.05, 0.1) is 23.7 Å². The van der Waals surface area contributed by atoms with Crippen molar-refractivity contribution in [3.05, 3.63) is 29.1 Å². The lowest BCUT2D eigenvalue weighted by Gasteiger charge is -1.96. The van der Waals surface area contributed by atoms with Gasteiger partial charge in [-0.2, -0.15) is 0 Å². The molecule has 6 heteroatoms. The number of H-pyrrole nitrogens is 1. The van der Waals surface area contributed by atoms with Gasteiger partial charge in [0.25, 0.3) is 0 Å². The first-order valence-electron chi connectivity index (χ1n) is 4.79. The van der Waals surface area contributed by atoms with Crippen LogP contribution < -0.4 is 4.74 Å². The third kappa shape index (κ3) is 2.11. The normalized spacial score (nSPS) is 10.2. The van der Waals surface area contributed by atoms with Crippen molar-refractivity contribution in [2.45, 2.75) is 0 Å². The van der Waals surface area contributed by atoms with Gasteiger partial charge in [0.2, 0.25) is 0 Å². The van der Waals surface area contributed by atoms with Gasteiger partial charge < -0.3 is 9.72 Å². The van der Waals surface area contributed by atoms with E-state index >= 15 is 0 Å². The molecule has 0 amide bonds. The number of halogens is 1. The van der Waals surface area contributed by atoms with E-state index in [1.165, 1.54) is 0 Å². The van der Waals surface area contributed by atoms with Crippen molar-refractivity contribution in [2.75, 3.05) is 7.11 Å². The summed E-state index contributed by atoms with van der Waals surface area (Å²) in [6.07, 6.45) is 0. The minimum Gasteiger partial charge on any atom is -0.497 e. The number of aromatic amines is 1. The zero-order valence-corrected chi connectivity index (χ0v) is 10.6. The summed E-state index contributed by atoms with van der Waals surface area (Å²) >= 11 is 1.56. The first kappa shape index (κ1) is 11.9. The maximum Gasteiger partial charge on any atom is 0.158 e. The summed E-state index contributed by atoms with van der Waals surface area (Å²) in [5.41, 5.74) is 4.55. The van der Waals surface area contributed by atoms with Gasteiger partial charge in [-0.3, -0.25) is 0 Å². The topological polar surface area (TPSA) is 50.8 Å². The van der Waals surface area contributed by atoms with Crippen LogP contribution in [0.1, 0.15) is 0 Å². The molecule has 1 aromatic carbocycles. The molecule has 0 bridgehead atoms. The van der Waals surface area contributed by atoms with Crippen LogP contribution in [-0.2, 0) is 0 Å². The summed E-state index contributed by atoms with van der Waals surface area (Å²) in [7, 11) is 1.65. The largest absolute Gasteiger partial charge is 0.497 e. The minimum atomic E-state index is 0. The lowest BCUT2D eigenvalue weighted by molar-refractivity contribution is 0.415. The Morgan fingerprint density at radius 2 is 2.24 bits per heavy atom. The average Bonchev–Trinajstić information content (AvgIpc) is 2.96. The Bertz CT molecular complexity index is 621. The highest BCUT2D eigenvalue weighted by molar-refractivity contribution is 7.07. The Hall–Kier alpha value is -1.59. The molecule has 0 aliphatic rings. The number of benzene rings is 1. The number of fused-ring (bicyclic) bond motifs is 1. The fourth-order valence-corrected chi connectivity index (χ4v) is 2.10. The van der Waals surface area contributed by atoms with Gasteiger partial charge in [0.1, 0.15) is 11.4 Å². The van der Waals surface area contributed by atoms with E-state index in [0.29, 0.717) is 0 Å². The molecule has 0 spiro atoms. The van der Waals surface area contributed by atoms with E-state index in [1.807, 2.05) is 23.6 Å². The van der Waals surface area contributed by atoms with Gasteiger partial charge in [0, 0.05) is 11.4 Å². The molecule has 0 saturated carbocycles. The van der Waals surface area contributed by atoms with Crippen LogP contribution in [0.15, 0.2) is 29.1 Å². The lowest BCUT2D eigenvalue weighted by atomic mass is 10.3. The molecule has 17 heavy (non-hydrogen) atoms. The highest BCUT2D eigenvalue weighted by Gasteiger charge is 2.07. The third-order valence-electron chi connectivity index (χ3n) is 2.36. The van der Waals surface area contributed by atoms with Crippen LogP contribution in [0.5, 0.6) is 5.75 Å². The van der Waals surface area contributed by atoms with Crippen LogP contribution in [0.3, 0.4) is 0 Å². The fraction of sp³-hybridized carbons (Fsp3) is 0.0909. The number of nitrogens with one attached hydrogen (secondary N) is 1. The monoisotopic (exact) mass is 267 g/mol. The maximum absolute atomic E-state index is 5.16. The highest BCUT2D eigenvalue weighted by atomic mass is 35.5. The van der Waals surface area contributed by atoms with E-state index in [1.54, 1.807) is 24.0 Å². The summed E-state index contributed by atoms with van der Waals surface area (Å²) in [5, 5.41) is 1.97. The number of aromatic nitrogens is 3. The van der Waals surface area contributed by atoms with Gasteiger partial charge in [-0.25, -0.2) is 9.97 Å². The molecule has 2 heterocycles. The third-order valence-corrected chi connectivity index (χ3v) is 2.95. The van der Waals surface area contributed by atoms with Gasteiger partial charge in [0.15, 0.2) is 5.82 Å². The number of nitrogens with zero attached hydrogens (tertiary/aromatic N) is 2. The van der Waals surface area contributed by atoms with Crippen LogP contribution in [0.2, 0.25) is 0 Å². The van der Waals surface area contributed by atoms with Gasteiger partial charge in [-0.1, -0.05) is 0 Å². The summed E-state index contributed by atoms with van der Waals surface area (Å²) in [5.74, 6) is 1.62. The number of imidazole rings is 1. The predicted molar refractivity (Wildman–Crippen MR) is 71.0 cm³/mol. The molecule has 3 rings (SSSR count). The number of rotatable bonds is 2. The van der Waals surface area contributed by atoms with Crippen molar-refractivity contribution in [1.82, 2.24) is 15.0 Å². The number of hydrogen-bond acceptors (Lipinski definition) is 4. The summed E-state index contributed by atoms with van der Waals surface area (Å²) < 4.78 is 5.16. The summed E-state index contributed by atoms with van der Waals surface area (Å²) in [6.45, 7) is 0. The standard InChI is InChI=1S/C11H9N3OS.ClH/c1-15-7-2-3-8-9(4-7)14-11(13-8)10-5-16-6-12-10;/h2-6H,1H3,(H,13,14);1H. The quantitative estimate of drug-likeness (QED) is 0.776. The molecular formula is C11H10ClN3OS. The van der Waals surface area contributed by atoms with E-state index in [0.717, 1.165) is 28.3 Å². The molecular weight excluding hydrogens is 258 g/mol. The fourth-order valence-electron chi connectivity index (χ4n) is 1.57. The molecule has 0 saturated heterocycles. The first-order chi connectivity index (χ1) is 7.86. The lowest BCUT2D eigenvalue weighted by Crippen LogP contribution is -1.81. The van der Waals surface area contributed by atoms with Crippen LogP contribution >= 0.6 is 23.7 Å². The van der Waals surface area contributed by atoms with Crippen LogP contribution in [0, 0.1) is 0 Å². The Labute approximate surface area is 108 Å². The summed E-state index contributed by atoms with van der Waals surface area (Å²) in [6, 6.07) is 5.76. The number of methoxy groups -OCH3 is 1. The molecule has 0 aliphatic heterocycles. The van der Waals surface area contributed by atoms with Crippen molar-refractivity contribution in [3.8, 4) is 17.3 Å². The molecule has 0 atom stereocenters. The van der Waals surface area contributed by atoms with Crippen molar-refractivity contribution in [1.29, 1.82) is 0 Å². The van der Waals surface area contributed by atoms with Crippen LogP contribution in [0.4, 0.5) is 0 Å². The Morgan fingerprint density at radius 3 is 2.94 bits per heavy atom. The SMILES string of the molecule is COc1ccc2nc(-c3cscn3)[nH]c2c1.Cl. The van der Waals surface area contributed by atoms with E-state index in [4.69, 9.17) is 4.74 Å². The second-order valence-electron chi connectivity index (χ2n) is 3.34. The molecule has 0 fully saturated rings. The van der Waals surface area contributed by atoms with E-state index in [9.17, 15) is 0 Å². The van der Waals surface area contributed by atoms with Crippen molar-refractivity contribution >= 4 is 34.8 Å². The molecule has 2 aromatic heterocycles. The van der Waals surface area contributed by atoms with Crippen LogP contribution in [-0.4, -0.2) is 22.1 Å². The van der Waals surface area contributed by atoms with Crippen molar-refractivity contribution < 1.29 is 4.74 Å². The molecule has 0 aliphatic carbocycles. The Morgan fingerprint density at radius 1 is 1.35 bits per heavy atom. The molecule has 0 unspecified atom stereocenters. The smallest absolute Gasteiger partial charge is 0.158 e. The highest BCUT2D eigenvalue weighted by Crippen LogP contribution is 2.23. The summed E-state index contributed by atoms with van der Waals surface area (Å²) in [4.78, 5) is 11.9. The van der Waals surface area contributed by atoms with Crippen molar-refractivity contribution in [3.63, 3.8) is 0 Å². The molecule has 3 aromatic rings. The molecule has 1 N–H and O–H groups in total. The number of ether oxygens (including phenoxy) is 1.